The van der Waals surface area contributed by atoms with Crippen molar-refractivity contribution in [1.82, 2.24) is 4.90 Å². The van der Waals surface area contributed by atoms with Crippen molar-refractivity contribution in [1.29, 1.82) is 0 Å². The molecule has 4 nitrogen and oxygen atoms in total. The number of benzene rings is 1. The molecule has 2 fully saturated rings. The van der Waals surface area contributed by atoms with E-state index in [1.807, 2.05) is 11.8 Å². The minimum Gasteiger partial charge on any atom is -0.340 e. The van der Waals surface area contributed by atoms with Gasteiger partial charge in [-0.15, -0.1) is 0 Å². The topological polar surface area (TPSA) is 40.6 Å². The number of carbonyl (C=O) groups is 2. The van der Waals surface area contributed by atoms with E-state index in [1.165, 1.54) is 30.2 Å². The third kappa shape index (κ3) is 3.30. The largest absolute Gasteiger partial charge is 0.340 e. The molecule has 1 saturated carbocycles. The quantitative estimate of drug-likeness (QED) is 0.848. The van der Waals surface area contributed by atoms with Crippen LogP contribution in [0, 0.1) is 11.7 Å². The van der Waals surface area contributed by atoms with Crippen LogP contribution in [0.2, 0.25) is 0 Å². The predicted molar refractivity (Wildman–Crippen MR) is 91.1 cm³/mol. The molecule has 2 aliphatic rings. The van der Waals surface area contributed by atoms with E-state index >= 15 is 0 Å². The summed E-state index contributed by atoms with van der Waals surface area (Å²) in [5.74, 6) is -0.896. The Labute approximate surface area is 142 Å². The maximum atomic E-state index is 14.0. The number of amides is 2. The molecule has 0 aromatic heterocycles. The Morgan fingerprint density at radius 1 is 1.25 bits per heavy atom. The van der Waals surface area contributed by atoms with Gasteiger partial charge in [-0.25, -0.2) is 4.39 Å². The average molecular weight is 332 g/mol. The third-order valence-electron chi connectivity index (χ3n) is 5.26. The second kappa shape index (κ2) is 7.32. The van der Waals surface area contributed by atoms with Gasteiger partial charge >= 0.3 is 0 Å². The van der Waals surface area contributed by atoms with Crippen LogP contribution in [0.1, 0.15) is 45.4 Å². The highest BCUT2D eigenvalue weighted by molar-refractivity contribution is 6.00. The van der Waals surface area contributed by atoms with E-state index < -0.39 is 5.82 Å². The van der Waals surface area contributed by atoms with Crippen molar-refractivity contribution < 1.29 is 14.0 Å². The molecule has 1 aromatic carbocycles. The molecule has 130 valence electrons. The lowest BCUT2D eigenvalue weighted by Gasteiger charge is -2.35. The molecule has 24 heavy (non-hydrogen) atoms. The first-order valence-corrected chi connectivity index (χ1v) is 8.97. The zero-order valence-corrected chi connectivity index (χ0v) is 14.2. The van der Waals surface area contributed by atoms with Crippen molar-refractivity contribution in [2.24, 2.45) is 5.92 Å². The van der Waals surface area contributed by atoms with Gasteiger partial charge in [0.05, 0.1) is 11.6 Å². The first-order valence-electron chi connectivity index (χ1n) is 8.97. The fourth-order valence-electron chi connectivity index (χ4n) is 4.00. The molecule has 0 unspecified atom stereocenters. The van der Waals surface area contributed by atoms with Gasteiger partial charge < -0.3 is 9.80 Å². The lowest BCUT2D eigenvalue weighted by Crippen LogP contribution is -2.45. The van der Waals surface area contributed by atoms with E-state index in [-0.39, 0.29) is 36.4 Å². The molecule has 2 amide bonds. The van der Waals surface area contributed by atoms with Crippen molar-refractivity contribution in [3.8, 4) is 0 Å². The summed E-state index contributed by atoms with van der Waals surface area (Å²) in [6.45, 7) is 2.95. The highest BCUT2D eigenvalue weighted by Gasteiger charge is 2.39. The van der Waals surface area contributed by atoms with Gasteiger partial charge in [-0.2, -0.15) is 0 Å². The first kappa shape index (κ1) is 16.9. The van der Waals surface area contributed by atoms with E-state index in [9.17, 15) is 14.0 Å². The van der Waals surface area contributed by atoms with Gasteiger partial charge in [0, 0.05) is 25.6 Å². The molecular formula is C19H25FN2O2. The van der Waals surface area contributed by atoms with Gasteiger partial charge in [-0.05, 0) is 31.9 Å². The van der Waals surface area contributed by atoms with Crippen LogP contribution in [-0.2, 0) is 9.59 Å². The number of anilines is 1. The summed E-state index contributed by atoms with van der Waals surface area (Å²) in [4.78, 5) is 28.6. The van der Waals surface area contributed by atoms with Gasteiger partial charge in [0.25, 0.3) is 0 Å². The number of nitrogens with zero attached hydrogens (tertiary/aromatic N) is 2. The van der Waals surface area contributed by atoms with Crippen LogP contribution in [0.15, 0.2) is 24.3 Å². The van der Waals surface area contributed by atoms with Gasteiger partial charge in [0.2, 0.25) is 11.8 Å². The van der Waals surface area contributed by atoms with Gasteiger partial charge in [0.15, 0.2) is 0 Å². The Morgan fingerprint density at radius 3 is 2.62 bits per heavy atom. The summed E-state index contributed by atoms with van der Waals surface area (Å²) in [7, 11) is 0. The number of carbonyl (C=O) groups excluding carboxylic acids is 2. The summed E-state index contributed by atoms with van der Waals surface area (Å²) in [6.07, 6.45) is 5.86. The maximum Gasteiger partial charge on any atom is 0.228 e. The minimum atomic E-state index is -0.418. The monoisotopic (exact) mass is 332 g/mol. The zero-order chi connectivity index (χ0) is 17.1. The number of hydrogen-bond acceptors (Lipinski definition) is 2. The molecule has 0 radical (unpaired) electrons. The summed E-state index contributed by atoms with van der Waals surface area (Å²) < 4.78 is 14.0. The molecule has 1 aliphatic heterocycles. The fraction of sp³-hybridized carbons (Fsp3) is 0.579. The smallest absolute Gasteiger partial charge is 0.228 e. The third-order valence-corrected chi connectivity index (χ3v) is 5.26. The molecule has 0 bridgehead atoms. The Hall–Kier alpha value is -1.91. The van der Waals surface area contributed by atoms with Crippen LogP contribution in [0.3, 0.4) is 0 Å². The normalized spacial score (nSPS) is 22.0. The SMILES string of the molecule is CCN(C(=O)[C@H]1CC(=O)N(c2ccccc2F)C1)C1CCCCC1. The summed E-state index contributed by atoms with van der Waals surface area (Å²) in [5.41, 5.74) is 0.276. The van der Waals surface area contributed by atoms with Crippen molar-refractivity contribution in [2.75, 3.05) is 18.0 Å². The van der Waals surface area contributed by atoms with E-state index in [4.69, 9.17) is 0 Å². The van der Waals surface area contributed by atoms with Crippen LogP contribution in [0.4, 0.5) is 10.1 Å². The lowest BCUT2D eigenvalue weighted by atomic mass is 9.93. The molecule has 3 rings (SSSR count). The van der Waals surface area contributed by atoms with Crippen LogP contribution >= 0.6 is 0 Å². The molecule has 1 aromatic rings. The first-order chi connectivity index (χ1) is 11.6. The second-order valence-corrected chi connectivity index (χ2v) is 6.77. The molecule has 1 heterocycles. The van der Waals surface area contributed by atoms with Crippen molar-refractivity contribution >= 4 is 17.5 Å². The summed E-state index contributed by atoms with van der Waals surface area (Å²) in [5, 5.41) is 0. The van der Waals surface area contributed by atoms with Crippen molar-refractivity contribution in [3.63, 3.8) is 0 Å². The molecule has 1 saturated heterocycles. The second-order valence-electron chi connectivity index (χ2n) is 6.77. The van der Waals surface area contributed by atoms with Crippen LogP contribution in [-0.4, -0.2) is 35.8 Å². The van der Waals surface area contributed by atoms with E-state index in [2.05, 4.69) is 0 Å². The number of rotatable bonds is 4. The van der Waals surface area contributed by atoms with Gasteiger partial charge in [-0.3, -0.25) is 9.59 Å². The van der Waals surface area contributed by atoms with E-state index in [0.29, 0.717) is 12.6 Å². The van der Waals surface area contributed by atoms with Crippen LogP contribution in [0.25, 0.3) is 0 Å². The Morgan fingerprint density at radius 2 is 1.96 bits per heavy atom. The van der Waals surface area contributed by atoms with Crippen molar-refractivity contribution in [2.45, 2.75) is 51.5 Å². The van der Waals surface area contributed by atoms with Crippen LogP contribution < -0.4 is 4.90 Å². The van der Waals surface area contributed by atoms with E-state index in [0.717, 1.165) is 12.8 Å². The zero-order valence-electron chi connectivity index (χ0n) is 14.2. The molecular weight excluding hydrogens is 307 g/mol. The molecule has 0 N–H and O–H groups in total. The Bertz CT molecular complexity index is 613. The summed E-state index contributed by atoms with van der Waals surface area (Å²) >= 11 is 0. The predicted octanol–water partition coefficient (Wildman–Crippen LogP) is 3.36. The average Bonchev–Trinajstić information content (AvgIpc) is 2.98. The molecule has 5 heteroatoms. The Balaban J connectivity index is 1.72. The fourth-order valence-corrected chi connectivity index (χ4v) is 4.00. The highest BCUT2D eigenvalue weighted by Crippen LogP contribution is 2.30. The molecule has 1 aliphatic carbocycles. The standard InChI is InChI=1S/C19H25FN2O2/c1-2-21(15-8-4-3-5-9-15)19(24)14-12-18(23)22(13-14)17-11-7-6-10-16(17)20/h6-7,10-11,14-15H,2-5,8-9,12-13H2,1H3/t14-/m0/s1. The van der Waals surface area contributed by atoms with Crippen LogP contribution in [0.5, 0.6) is 0 Å². The lowest BCUT2D eigenvalue weighted by molar-refractivity contribution is -0.138. The number of hydrogen-bond donors (Lipinski definition) is 0. The number of halogens is 1. The minimum absolute atomic E-state index is 0.0524. The highest BCUT2D eigenvalue weighted by atomic mass is 19.1. The maximum absolute atomic E-state index is 14.0. The molecule has 1 atom stereocenters. The van der Waals surface area contributed by atoms with Gasteiger partial charge in [-0.1, -0.05) is 31.4 Å². The van der Waals surface area contributed by atoms with Gasteiger partial charge in [0.1, 0.15) is 5.82 Å². The molecule has 0 spiro atoms. The number of para-hydroxylation sites is 1. The Kier molecular flexibility index (Phi) is 5.17. The van der Waals surface area contributed by atoms with E-state index in [1.54, 1.807) is 18.2 Å². The van der Waals surface area contributed by atoms with Crippen molar-refractivity contribution in [3.05, 3.63) is 30.1 Å². The summed E-state index contributed by atoms with van der Waals surface area (Å²) in [6, 6.07) is 6.55.